The fourth-order valence-electron chi connectivity index (χ4n) is 1.88. The molecule has 0 fully saturated rings. The zero-order valence-electron chi connectivity index (χ0n) is 12.6. The number of carbonyl (C=O) groups excluding carboxylic acids is 1. The molecule has 22 heavy (non-hydrogen) atoms. The lowest BCUT2D eigenvalue weighted by Crippen LogP contribution is -2.30. The number of nitrogens with one attached hydrogen (secondary N) is 1. The zero-order chi connectivity index (χ0) is 16.3. The quantitative estimate of drug-likeness (QED) is 0.858. The molecule has 1 amide bonds. The van der Waals surface area contributed by atoms with Crippen LogP contribution in [-0.2, 0) is 4.79 Å². The molecule has 0 bridgehead atoms. The second-order valence-corrected chi connectivity index (χ2v) is 5.98. The number of rotatable bonds is 4. The summed E-state index contributed by atoms with van der Waals surface area (Å²) in [6, 6.07) is 9.78. The molecule has 0 radical (unpaired) electrons. The Hall–Kier alpha value is -1.88. The van der Waals surface area contributed by atoms with Crippen LogP contribution in [-0.4, -0.2) is 12.0 Å². The summed E-state index contributed by atoms with van der Waals surface area (Å²) >= 11 is 3.21. The van der Waals surface area contributed by atoms with Gasteiger partial charge in [-0.05, 0) is 78.2 Å². The molecule has 3 nitrogen and oxygen atoms in total. The van der Waals surface area contributed by atoms with E-state index in [0.29, 0.717) is 10.2 Å². The molecule has 1 atom stereocenters. The summed E-state index contributed by atoms with van der Waals surface area (Å²) in [6.07, 6.45) is -0.705. The first-order chi connectivity index (χ1) is 10.4. The van der Waals surface area contributed by atoms with Gasteiger partial charge in [-0.25, -0.2) is 4.39 Å². The van der Waals surface area contributed by atoms with Crippen LogP contribution < -0.4 is 10.1 Å². The van der Waals surface area contributed by atoms with Crippen LogP contribution in [0.2, 0.25) is 0 Å². The third kappa shape index (κ3) is 4.07. The maximum absolute atomic E-state index is 13.0. The van der Waals surface area contributed by atoms with Crippen LogP contribution in [0.1, 0.15) is 18.1 Å². The highest BCUT2D eigenvalue weighted by Gasteiger charge is 2.16. The minimum atomic E-state index is -0.705. The van der Waals surface area contributed by atoms with Crippen molar-refractivity contribution in [1.29, 1.82) is 0 Å². The van der Waals surface area contributed by atoms with E-state index in [2.05, 4.69) is 21.2 Å². The molecule has 2 aromatic carbocycles. The maximum atomic E-state index is 13.0. The molecule has 1 unspecified atom stereocenters. The highest BCUT2D eigenvalue weighted by atomic mass is 79.9. The largest absolute Gasteiger partial charge is 0.480 e. The zero-order valence-corrected chi connectivity index (χ0v) is 14.2. The number of carbonyl (C=O) groups is 1. The Morgan fingerprint density at radius 3 is 2.55 bits per heavy atom. The van der Waals surface area contributed by atoms with Gasteiger partial charge in [0.15, 0.2) is 6.10 Å². The summed E-state index contributed by atoms with van der Waals surface area (Å²) in [7, 11) is 0. The first-order valence-electron chi connectivity index (χ1n) is 6.86. The molecule has 0 saturated heterocycles. The fourth-order valence-corrected chi connectivity index (χ4v) is 2.32. The Bertz CT molecular complexity index is 703. The van der Waals surface area contributed by atoms with Gasteiger partial charge in [0.05, 0.1) is 4.47 Å². The van der Waals surface area contributed by atoms with Crippen molar-refractivity contribution in [1.82, 2.24) is 0 Å². The standard InChI is InChI=1S/C17H17BrFNO2/c1-10-4-6-14(8-11(10)2)20-17(21)12(3)22-16-7-5-13(19)9-15(16)18/h4-9,12H,1-3H3,(H,20,21). The predicted octanol–water partition coefficient (Wildman–Crippen LogP) is 4.61. The summed E-state index contributed by atoms with van der Waals surface area (Å²) in [5.41, 5.74) is 2.99. The van der Waals surface area contributed by atoms with E-state index in [1.807, 2.05) is 32.0 Å². The lowest BCUT2D eigenvalue weighted by molar-refractivity contribution is -0.122. The normalized spacial score (nSPS) is 11.9. The number of ether oxygens (including phenoxy) is 1. The van der Waals surface area contributed by atoms with Crippen molar-refractivity contribution < 1.29 is 13.9 Å². The molecule has 0 heterocycles. The van der Waals surface area contributed by atoms with Crippen molar-refractivity contribution in [2.24, 2.45) is 0 Å². The van der Waals surface area contributed by atoms with Gasteiger partial charge in [-0.1, -0.05) is 6.07 Å². The number of halogens is 2. The SMILES string of the molecule is Cc1ccc(NC(=O)C(C)Oc2ccc(F)cc2Br)cc1C. The Kier molecular flexibility index (Phi) is 5.19. The van der Waals surface area contributed by atoms with Gasteiger partial charge in [0, 0.05) is 5.69 Å². The highest BCUT2D eigenvalue weighted by molar-refractivity contribution is 9.10. The molecule has 2 rings (SSSR count). The van der Waals surface area contributed by atoms with Crippen molar-refractivity contribution in [2.75, 3.05) is 5.32 Å². The molecule has 0 aliphatic carbocycles. The molecule has 1 N–H and O–H groups in total. The second-order valence-electron chi connectivity index (χ2n) is 5.12. The Morgan fingerprint density at radius 2 is 1.91 bits per heavy atom. The first kappa shape index (κ1) is 16.5. The number of hydrogen-bond acceptors (Lipinski definition) is 2. The van der Waals surface area contributed by atoms with Crippen molar-refractivity contribution in [3.05, 3.63) is 57.8 Å². The second kappa shape index (κ2) is 6.92. The minimum Gasteiger partial charge on any atom is -0.480 e. The molecule has 116 valence electrons. The molecule has 0 spiro atoms. The number of benzene rings is 2. The van der Waals surface area contributed by atoms with Crippen LogP contribution >= 0.6 is 15.9 Å². The van der Waals surface area contributed by atoms with Gasteiger partial charge in [-0.15, -0.1) is 0 Å². The first-order valence-corrected chi connectivity index (χ1v) is 7.66. The lowest BCUT2D eigenvalue weighted by atomic mass is 10.1. The van der Waals surface area contributed by atoms with Gasteiger partial charge in [0.1, 0.15) is 11.6 Å². The van der Waals surface area contributed by atoms with Gasteiger partial charge >= 0.3 is 0 Å². The Balaban J connectivity index is 2.04. The van der Waals surface area contributed by atoms with Crippen molar-refractivity contribution >= 4 is 27.5 Å². The Labute approximate surface area is 137 Å². The average molecular weight is 366 g/mol. The van der Waals surface area contributed by atoms with Crippen molar-refractivity contribution in [3.8, 4) is 5.75 Å². The van der Waals surface area contributed by atoms with E-state index in [-0.39, 0.29) is 11.7 Å². The number of aryl methyl sites for hydroxylation is 2. The fraction of sp³-hybridized carbons (Fsp3) is 0.235. The van der Waals surface area contributed by atoms with E-state index in [1.165, 1.54) is 18.2 Å². The monoisotopic (exact) mass is 365 g/mol. The van der Waals surface area contributed by atoms with Crippen LogP contribution in [0.5, 0.6) is 5.75 Å². The molecular weight excluding hydrogens is 349 g/mol. The summed E-state index contributed by atoms with van der Waals surface area (Å²) in [5, 5.41) is 2.81. The molecule has 0 aliphatic heterocycles. The topological polar surface area (TPSA) is 38.3 Å². The third-order valence-corrected chi connectivity index (χ3v) is 3.96. The smallest absolute Gasteiger partial charge is 0.265 e. The van der Waals surface area contributed by atoms with E-state index < -0.39 is 6.10 Å². The van der Waals surface area contributed by atoms with E-state index in [4.69, 9.17) is 4.74 Å². The van der Waals surface area contributed by atoms with Gasteiger partial charge in [0.25, 0.3) is 5.91 Å². The summed E-state index contributed by atoms with van der Waals surface area (Å²) in [5.74, 6) is -0.213. The lowest BCUT2D eigenvalue weighted by Gasteiger charge is -2.16. The van der Waals surface area contributed by atoms with Gasteiger partial charge < -0.3 is 10.1 Å². The van der Waals surface area contributed by atoms with E-state index >= 15 is 0 Å². The summed E-state index contributed by atoms with van der Waals surface area (Å²) < 4.78 is 19.1. The summed E-state index contributed by atoms with van der Waals surface area (Å²) in [6.45, 7) is 5.64. The Morgan fingerprint density at radius 1 is 1.18 bits per heavy atom. The molecule has 0 aromatic heterocycles. The van der Waals surface area contributed by atoms with Crippen LogP contribution in [0.3, 0.4) is 0 Å². The number of amides is 1. The predicted molar refractivity (Wildman–Crippen MR) is 88.7 cm³/mol. The van der Waals surface area contributed by atoms with Crippen LogP contribution in [0.4, 0.5) is 10.1 Å². The molecular formula is C17H17BrFNO2. The number of hydrogen-bond donors (Lipinski definition) is 1. The van der Waals surface area contributed by atoms with E-state index in [0.717, 1.165) is 16.8 Å². The van der Waals surface area contributed by atoms with Crippen molar-refractivity contribution in [2.45, 2.75) is 26.9 Å². The maximum Gasteiger partial charge on any atom is 0.265 e. The molecule has 0 aliphatic rings. The van der Waals surface area contributed by atoms with Gasteiger partial charge in [-0.2, -0.15) is 0 Å². The summed E-state index contributed by atoms with van der Waals surface area (Å²) in [4.78, 5) is 12.2. The minimum absolute atomic E-state index is 0.264. The van der Waals surface area contributed by atoms with Crippen LogP contribution in [0.25, 0.3) is 0 Å². The number of anilines is 1. The van der Waals surface area contributed by atoms with Crippen LogP contribution in [0, 0.1) is 19.7 Å². The van der Waals surface area contributed by atoms with Crippen molar-refractivity contribution in [3.63, 3.8) is 0 Å². The van der Waals surface area contributed by atoms with Gasteiger partial charge in [0.2, 0.25) is 0 Å². The van der Waals surface area contributed by atoms with Crippen LogP contribution in [0.15, 0.2) is 40.9 Å². The van der Waals surface area contributed by atoms with Gasteiger partial charge in [-0.3, -0.25) is 4.79 Å². The highest BCUT2D eigenvalue weighted by Crippen LogP contribution is 2.26. The third-order valence-electron chi connectivity index (χ3n) is 3.34. The van der Waals surface area contributed by atoms with E-state index in [1.54, 1.807) is 6.92 Å². The molecule has 5 heteroatoms. The molecule has 0 saturated carbocycles. The average Bonchev–Trinajstić information content (AvgIpc) is 2.45. The molecule has 2 aromatic rings. The van der Waals surface area contributed by atoms with E-state index in [9.17, 15) is 9.18 Å².